The lowest BCUT2D eigenvalue weighted by Gasteiger charge is -2.31. The van der Waals surface area contributed by atoms with Crippen LogP contribution < -0.4 is 5.32 Å². The lowest BCUT2D eigenvalue weighted by molar-refractivity contribution is -0.119. The number of benzene rings is 1. The number of hydrogen-bond acceptors (Lipinski definition) is 4. The quantitative estimate of drug-likeness (QED) is 0.511. The van der Waals surface area contributed by atoms with Gasteiger partial charge in [0.15, 0.2) is 0 Å². The molecule has 0 aromatic heterocycles. The maximum Gasteiger partial charge on any atom is 0.267 e. The zero-order valence-electron chi connectivity index (χ0n) is 12.1. The van der Waals surface area contributed by atoms with Crippen molar-refractivity contribution in [3.63, 3.8) is 0 Å². The van der Waals surface area contributed by atoms with Gasteiger partial charge in [-0.3, -0.25) is 9.59 Å². The highest BCUT2D eigenvalue weighted by Crippen LogP contribution is 2.25. The molecular formula is C15H14Cl2N4O2. The lowest BCUT2D eigenvalue weighted by Crippen LogP contribution is -2.43. The Morgan fingerprint density at radius 2 is 1.87 bits per heavy atom. The molecule has 120 valence electrons. The minimum atomic E-state index is -0.561. The lowest BCUT2D eigenvalue weighted by atomic mass is 10.2. The molecule has 23 heavy (non-hydrogen) atoms. The zero-order chi connectivity index (χ0) is 16.8. The number of rotatable bonds is 4. The van der Waals surface area contributed by atoms with E-state index < -0.39 is 5.91 Å². The molecule has 1 saturated heterocycles. The Bertz CT molecular complexity index is 677. The number of amides is 2. The maximum absolute atomic E-state index is 12.2. The van der Waals surface area contributed by atoms with E-state index in [4.69, 9.17) is 23.2 Å². The third-order valence-electron chi connectivity index (χ3n) is 3.35. The average Bonchev–Trinajstić information content (AvgIpc) is 2.56. The van der Waals surface area contributed by atoms with Gasteiger partial charge in [0.2, 0.25) is 6.41 Å². The SMILES string of the molecule is N#C/C(=C/N1CCN(C=O)CC1)C(=O)Nc1cc(Cl)ccc1Cl. The van der Waals surface area contributed by atoms with E-state index >= 15 is 0 Å². The van der Waals surface area contributed by atoms with Gasteiger partial charge in [0.25, 0.3) is 5.91 Å². The second kappa shape index (κ2) is 7.86. The summed E-state index contributed by atoms with van der Waals surface area (Å²) in [5, 5.41) is 12.5. The van der Waals surface area contributed by atoms with Crippen LogP contribution in [0.25, 0.3) is 0 Å². The molecule has 0 aliphatic carbocycles. The number of nitriles is 1. The second-order valence-corrected chi connectivity index (χ2v) is 5.75. The Morgan fingerprint density at radius 3 is 2.48 bits per heavy atom. The fourth-order valence-corrected chi connectivity index (χ4v) is 2.41. The summed E-state index contributed by atoms with van der Waals surface area (Å²) in [7, 11) is 0. The minimum absolute atomic E-state index is 0.0411. The molecule has 2 amide bonds. The highest BCUT2D eigenvalue weighted by atomic mass is 35.5. The predicted octanol–water partition coefficient (Wildman–Crippen LogP) is 2.11. The molecule has 0 radical (unpaired) electrons. The van der Waals surface area contributed by atoms with Crippen LogP contribution in [-0.4, -0.2) is 48.3 Å². The molecule has 6 nitrogen and oxygen atoms in total. The first kappa shape index (κ1) is 17.1. The molecule has 1 aromatic rings. The van der Waals surface area contributed by atoms with Crippen molar-refractivity contribution in [2.75, 3.05) is 31.5 Å². The Kier molecular flexibility index (Phi) is 5.85. The van der Waals surface area contributed by atoms with Crippen molar-refractivity contribution in [2.24, 2.45) is 0 Å². The van der Waals surface area contributed by atoms with Crippen LogP contribution in [0.3, 0.4) is 0 Å². The van der Waals surface area contributed by atoms with Gasteiger partial charge in [-0.25, -0.2) is 0 Å². The first-order chi connectivity index (χ1) is 11.0. The van der Waals surface area contributed by atoms with Gasteiger partial charge in [0.1, 0.15) is 11.6 Å². The fraction of sp³-hybridized carbons (Fsp3) is 0.267. The van der Waals surface area contributed by atoms with Gasteiger partial charge >= 0.3 is 0 Å². The third kappa shape index (κ3) is 4.62. The summed E-state index contributed by atoms with van der Waals surface area (Å²) in [4.78, 5) is 26.3. The molecule has 1 aromatic carbocycles. The summed E-state index contributed by atoms with van der Waals surface area (Å²) in [6, 6.07) is 6.56. The monoisotopic (exact) mass is 352 g/mol. The van der Waals surface area contributed by atoms with Crippen molar-refractivity contribution in [1.82, 2.24) is 9.80 Å². The molecular weight excluding hydrogens is 339 g/mol. The van der Waals surface area contributed by atoms with Crippen LogP contribution >= 0.6 is 23.2 Å². The number of piperazine rings is 1. The Balaban J connectivity index is 2.07. The third-order valence-corrected chi connectivity index (χ3v) is 3.92. The predicted molar refractivity (Wildman–Crippen MR) is 88.0 cm³/mol. The minimum Gasteiger partial charge on any atom is -0.373 e. The molecule has 1 aliphatic heterocycles. The Labute approximate surface area is 143 Å². The summed E-state index contributed by atoms with van der Waals surface area (Å²) < 4.78 is 0. The topological polar surface area (TPSA) is 76.4 Å². The molecule has 0 spiro atoms. The van der Waals surface area contributed by atoms with E-state index in [-0.39, 0.29) is 5.57 Å². The number of carbonyl (C=O) groups is 2. The highest BCUT2D eigenvalue weighted by Gasteiger charge is 2.17. The summed E-state index contributed by atoms with van der Waals surface area (Å²) >= 11 is 11.9. The normalized spacial score (nSPS) is 15.1. The summed E-state index contributed by atoms with van der Waals surface area (Å²) in [6.07, 6.45) is 2.29. The summed E-state index contributed by atoms with van der Waals surface area (Å²) in [5.41, 5.74) is 0.302. The number of anilines is 1. The van der Waals surface area contributed by atoms with Gasteiger partial charge in [-0.05, 0) is 18.2 Å². The van der Waals surface area contributed by atoms with E-state index in [0.29, 0.717) is 41.9 Å². The molecule has 0 bridgehead atoms. The Hall–Kier alpha value is -2.23. The van der Waals surface area contributed by atoms with Crippen molar-refractivity contribution in [2.45, 2.75) is 0 Å². The van der Waals surface area contributed by atoms with Crippen LogP contribution in [0.4, 0.5) is 5.69 Å². The second-order valence-electron chi connectivity index (χ2n) is 4.91. The van der Waals surface area contributed by atoms with E-state index in [1.807, 2.05) is 11.0 Å². The first-order valence-corrected chi connectivity index (χ1v) is 7.61. The fourth-order valence-electron chi connectivity index (χ4n) is 2.08. The van der Waals surface area contributed by atoms with Crippen LogP contribution in [0.1, 0.15) is 0 Å². The van der Waals surface area contributed by atoms with E-state index in [9.17, 15) is 14.9 Å². The smallest absolute Gasteiger partial charge is 0.267 e. The number of nitrogens with zero attached hydrogens (tertiary/aromatic N) is 3. The van der Waals surface area contributed by atoms with Crippen molar-refractivity contribution < 1.29 is 9.59 Å². The zero-order valence-corrected chi connectivity index (χ0v) is 13.6. The average molecular weight is 353 g/mol. The van der Waals surface area contributed by atoms with Gasteiger partial charge < -0.3 is 15.1 Å². The van der Waals surface area contributed by atoms with Crippen LogP contribution in [0.5, 0.6) is 0 Å². The van der Waals surface area contributed by atoms with Gasteiger partial charge in [-0.1, -0.05) is 23.2 Å². The van der Waals surface area contributed by atoms with Crippen LogP contribution in [0.15, 0.2) is 30.0 Å². The summed E-state index contributed by atoms with van der Waals surface area (Å²) in [5.74, 6) is -0.561. The standard InChI is InChI=1S/C15H14Cl2N4O2/c16-12-1-2-13(17)14(7-12)19-15(23)11(8-18)9-20-3-5-21(10-22)6-4-20/h1-2,7,9-10H,3-6H2,(H,19,23)/b11-9-. The van der Waals surface area contributed by atoms with Crippen LogP contribution in [-0.2, 0) is 9.59 Å². The van der Waals surface area contributed by atoms with E-state index in [1.54, 1.807) is 17.0 Å². The van der Waals surface area contributed by atoms with Crippen molar-refractivity contribution in [3.8, 4) is 6.07 Å². The molecule has 1 fully saturated rings. The molecule has 0 saturated carbocycles. The van der Waals surface area contributed by atoms with E-state index in [1.165, 1.54) is 12.3 Å². The molecule has 1 aliphatic rings. The van der Waals surface area contributed by atoms with Gasteiger partial charge in [-0.2, -0.15) is 5.26 Å². The van der Waals surface area contributed by atoms with Crippen LogP contribution in [0, 0.1) is 11.3 Å². The number of nitrogens with one attached hydrogen (secondary N) is 1. The molecule has 1 heterocycles. The molecule has 0 unspecified atom stereocenters. The van der Waals surface area contributed by atoms with Crippen molar-refractivity contribution >= 4 is 41.2 Å². The largest absolute Gasteiger partial charge is 0.373 e. The Morgan fingerprint density at radius 1 is 1.22 bits per heavy atom. The molecule has 1 N–H and O–H groups in total. The summed E-state index contributed by atoms with van der Waals surface area (Å²) in [6.45, 7) is 2.24. The van der Waals surface area contributed by atoms with Crippen molar-refractivity contribution in [3.05, 3.63) is 40.0 Å². The number of hydrogen-bond donors (Lipinski definition) is 1. The van der Waals surface area contributed by atoms with Gasteiger partial charge in [-0.15, -0.1) is 0 Å². The van der Waals surface area contributed by atoms with Crippen molar-refractivity contribution in [1.29, 1.82) is 5.26 Å². The van der Waals surface area contributed by atoms with Gasteiger partial charge in [0.05, 0.1) is 10.7 Å². The molecule has 8 heteroatoms. The van der Waals surface area contributed by atoms with E-state index in [2.05, 4.69) is 5.32 Å². The molecule has 0 atom stereocenters. The first-order valence-electron chi connectivity index (χ1n) is 6.85. The maximum atomic E-state index is 12.2. The highest BCUT2D eigenvalue weighted by molar-refractivity contribution is 6.35. The van der Waals surface area contributed by atoms with Crippen LogP contribution in [0.2, 0.25) is 10.0 Å². The number of carbonyl (C=O) groups excluding carboxylic acids is 2. The van der Waals surface area contributed by atoms with E-state index in [0.717, 1.165) is 6.41 Å². The van der Waals surface area contributed by atoms with Gasteiger partial charge in [0, 0.05) is 37.4 Å². The number of halogens is 2. The molecule has 2 rings (SSSR count).